The van der Waals surface area contributed by atoms with Gasteiger partial charge in [-0.3, -0.25) is 0 Å². The van der Waals surface area contributed by atoms with Crippen molar-refractivity contribution in [1.82, 2.24) is 4.90 Å². The highest BCUT2D eigenvalue weighted by Gasteiger charge is 2.41. The molecule has 1 nitrogen and oxygen atoms in total. The lowest BCUT2D eigenvalue weighted by molar-refractivity contribution is 0.202. The number of rotatable bonds is 10. The molecule has 3 rings (SSSR count). The van der Waals surface area contributed by atoms with Crippen LogP contribution < -0.4 is 0 Å². The second kappa shape index (κ2) is 9.06. The van der Waals surface area contributed by atoms with E-state index in [1.807, 2.05) is 0 Å². The summed E-state index contributed by atoms with van der Waals surface area (Å²) in [5.74, 6) is 0. The van der Waals surface area contributed by atoms with Gasteiger partial charge in [-0.05, 0) is 68.7 Å². The van der Waals surface area contributed by atoms with Crippen molar-refractivity contribution in [3.8, 4) is 0 Å². The fourth-order valence-electron chi connectivity index (χ4n) is 3.68. The van der Waals surface area contributed by atoms with Gasteiger partial charge in [-0.2, -0.15) is 0 Å². The Balaban J connectivity index is 1.49. The predicted octanol–water partition coefficient (Wildman–Crippen LogP) is 6.19. The van der Waals surface area contributed by atoms with Crippen molar-refractivity contribution in [2.75, 3.05) is 13.1 Å². The van der Waals surface area contributed by atoms with Crippen LogP contribution in [0.2, 0.25) is 0 Å². The molecule has 2 aromatic rings. The lowest BCUT2D eigenvalue weighted by Crippen LogP contribution is -2.35. The van der Waals surface area contributed by atoms with Gasteiger partial charge in [0.15, 0.2) is 0 Å². The average molecular weight is 370 g/mol. The Bertz CT molecular complexity index is 660. The molecular formula is C24H32ClN. The van der Waals surface area contributed by atoms with E-state index in [0.29, 0.717) is 6.04 Å². The molecule has 0 amide bonds. The molecule has 0 aliphatic heterocycles. The highest BCUT2D eigenvalue weighted by atomic mass is 35.5. The number of aryl methyl sites for hydroxylation is 1. The maximum absolute atomic E-state index is 6.50. The van der Waals surface area contributed by atoms with Crippen molar-refractivity contribution in [2.45, 2.75) is 63.3 Å². The topological polar surface area (TPSA) is 3.24 Å². The van der Waals surface area contributed by atoms with E-state index in [2.05, 4.69) is 73.3 Å². The summed E-state index contributed by atoms with van der Waals surface area (Å²) in [6.45, 7) is 6.99. The molecule has 1 saturated carbocycles. The molecule has 0 aromatic heterocycles. The second-order valence-electron chi connectivity index (χ2n) is 7.82. The molecule has 140 valence electrons. The highest BCUT2D eigenvalue weighted by molar-refractivity contribution is 6.25. The first-order valence-electron chi connectivity index (χ1n) is 10.2. The molecule has 2 heteroatoms. The number of halogens is 1. The minimum absolute atomic E-state index is 0.0405. The Morgan fingerprint density at radius 1 is 0.923 bits per heavy atom. The number of alkyl halides is 1. The van der Waals surface area contributed by atoms with Crippen molar-refractivity contribution >= 4 is 11.6 Å². The Labute approximate surface area is 164 Å². The predicted molar refractivity (Wildman–Crippen MR) is 113 cm³/mol. The van der Waals surface area contributed by atoms with E-state index in [1.54, 1.807) is 0 Å². The Kier molecular flexibility index (Phi) is 6.78. The summed E-state index contributed by atoms with van der Waals surface area (Å²) in [4.78, 5) is 2.61. The zero-order chi connectivity index (χ0) is 18.4. The van der Waals surface area contributed by atoms with E-state index in [0.717, 1.165) is 32.2 Å². The molecular weight excluding hydrogens is 338 g/mol. The van der Waals surface area contributed by atoms with Crippen LogP contribution in [0.3, 0.4) is 0 Å². The molecule has 0 radical (unpaired) electrons. The number of hydrogen-bond acceptors (Lipinski definition) is 1. The molecule has 1 aliphatic rings. The maximum atomic E-state index is 6.50. The van der Waals surface area contributed by atoms with Gasteiger partial charge in [0.25, 0.3) is 0 Å². The van der Waals surface area contributed by atoms with Crippen LogP contribution in [0, 0.1) is 0 Å². The largest absolute Gasteiger partial charge is 0.300 e. The van der Waals surface area contributed by atoms with Crippen LogP contribution in [0.15, 0.2) is 54.6 Å². The normalized spacial score (nSPS) is 16.6. The molecule has 0 bridgehead atoms. The molecule has 1 atom stereocenters. The van der Waals surface area contributed by atoms with E-state index in [1.165, 1.54) is 36.1 Å². The van der Waals surface area contributed by atoms with Gasteiger partial charge in [0.1, 0.15) is 0 Å². The lowest BCUT2D eigenvalue weighted by Gasteiger charge is -2.29. The highest BCUT2D eigenvalue weighted by Crippen LogP contribution is 2.51. The summed E-state index contributed by atoms with van der Waals surface area (Å²) < 4.78 is 0. The number of hydrogen-bond donors (Lipinski definition) is 0. The summed E-state index contributed by atoms with van der Waals surface area (Å²) >= 11 is 6.50. The fourth-order valence-corrected chi connectivity index (χ4v) is 3.90. The van der Waals surface area contributed by atoms with Gasteiger partial charge in [0.05, 0.1) is 4.87 Å². The van der Waals surface area contributed by atoms with Crippen LogP contribution in [-0.2, 0) is 17.7 Å². The third-order valence-corrected chi connectivity index (χ3v) is 6.27. The Morgan fingerprint density at radius 3 is 2.19 bits per heavy atom. The van der Waals surface area contributed by atoms with Gasteiger partial charge in [-0.1, -0.05) is 61.5 Å². The molecule has 0 N–H and O–H groups in total. The van der Waals surface area contributed by atoms with E-state index in [9.17, 15) is 0 Å². The van der Waals surface area contributed by atoms with Crippen LogP contribution in [0.1, 0.15) is 56.2 Å². The van der Waals surface area contributed by atoms with E-state index in [4.69, 9.17) is 11.6 Å². The van der Waals surface area contributed by atoms with Gasteiger partial charge < -0.3 is 4.90 Å². The van der Waals surface area contributed by atoms with E-state index in [-0.39, 0.29) is 4.87 Å². The zero-order valence-corrected chi connectivity index (χ0v) is 17.0. The minimum atomic E-state index is -0.0405. The first-order chi connectivity index (χ1) is 12.6. The van der Waals surface area contributed by atoms with Crippen molar-refractivity contribution < 1.29 is 0 Å². The molecule has 0 saturated heterocycles. The van der Waals surface area contributed by atoms with Crippen LogP contribution in [0.25, 0.3) is 0 Å². The van der Waals surface area contributed by atoms with Crippen molar-refractivity contribution in [1.29, 1.82) is 0 Å². The van der Waals surface area contributed by atoms with Gasteiger partial charge in [-0.25, -0.2) is 0 Å². The average Bonchev–Trinajstić information content (AvgIpc) is 3.43. The maximum Gasteiger partial charge on any atom is 0.0696 e. The molecule has 1 aliphatic carbocycles. The smallest absolute Gasteiger partial charge is 0.0696 e. The molecule has 0 heterocycles. The lowest BCUT2D eigenvalue weighted by atomic mass is 10.0. The van der Waals surface area contributed by atoms with E-state index < -0.39 is 0 Å². The quantitative estimate of drug-likeness (QED) is 0.451. The van der Waals surface area contributed by atoms with Gasteiger partial charge in [0, 0.05) is 12.6 Å². The molecule has 1 unspecified atom stereocenters. The van der Waals surface area contributed by atoms with Gasteiger partial charge in [-0.15, -0.1) is 11.6 Å². The molecule has 26 heavy (non-hydrogen) atoms. The zero-order valence-electron chi connectivity index (χ0n) is 16.3. The Morgan fingerprint density at radius 2 is 1.58 bits per heavy atom. The summed E-state index contributed by atoms with van der Waals surface area (Å²) in [6, 6.07) is 20.5. The van der Waals surface area contributed by atoms with Crippen LogP contribution >= 0.6 is 11.6 Å². The van der Waals surface area contributed by atoms with Crippen LogP contribution in [0.4, 0.5) is 0 Å². The summed E-state index contributed by atoms with van der Waals surface area (Å²) in [6.07, 6.45) is 6.95. The van der Waals surface area contributed by atoms with Crippen molar-refractivity contribution in [3.05, 3.63) is 71.3 Å². The number of nitrogens with zero attached hydrogens (tertiary/aromatic N) is 1. The van der Waals surface area contributed by atoms with Crippen molar-refractivity contribution in [3.63, 3.8) is 0 Å². The third-order valence-electron chi connectivity index (χ3n) is 5.68. The summed E-state index contributed by atoms with van der Waals surface area (Å²) in [5, 5.41) is 0. The van der Waals surface area contributed by atoms with Gasteiger partial charge >= 0.3 is 0 Å². The van der Waals surface area contributed by atoms with Gasteiger partial charge in [0.2, 0.25) is 0 Å². The van der Waals surface area contributed by atoms with Crippen LogP contribution in [0.5, 0.6) is 0 Å². The fraction of sp³-hybridized carbons (Fsp3) is 0.500. The second-order valence-corrected chi connectivity index (χ2v) is 8.54. The molecule has 1 fully saturated rings. The minimum Gasteiger partial charge on any atom is -0.300 e. The van der Waals surface area contributed by atoms with Crippen LogP contribution in [-0.4, -0.2) is 24.0 Å². The molecule has 0 spiro atoms. The van der Waals surface area contributed by atoms with Crippen molar-refractivity contribution in [2.24, 2.45) is 0 Å². The summed E-state index contributed by atoms with van der Waals surface area (Å²) in [5.41, 5.74) is 4.17. The number of benzene rings is 2. The third kappa shape index (κ3) is 5.34. The Hall–Kier alpha value is -1.31. The standard InChI is InChI=1S/C24H32ClN/c1-3-18-26(19-15-21-7-5-4-6-8-21)20(2)9-10-22-11-13-23(14-12-22)24(25)16-17-24/h4-8,11-14,20H,3,9-10,15-19H2,1-2H3. The SMILES string of the molecule is CCCN(CCc1ccccc1)C(C)CCc1ccc(C2(Cl)CC2)cc1. The summed E-state index contributed by atoms with van der Waals surface area (Å²) in [7, 11) is 0. The first kappa shape index (κ1) is 19.5. The monoisotopic (exact) mass is 369 g/mol. The van der Waals surface area contributed by atoms with E-state index >= 15 is 0 Å². The first-order valence-corrected chi connectivity index (χ1v) is 10.5. The molecule has 2 aromatic carbocycles.